The van der Waals surface area contributed by atoms with Gasteiger partial charge in [-0.2, -0.15) is 0 Å². The minimum atomic E-state index is 0.237. The first kappa shape index (κ1) is 13.8. The zero-order valence-electron chi connectivity index (χ0n) is 11.9. The zero-order chi connectivity index (χ0) is 13.8. The number of rotatable bonds is 5. The van der Waals surface area contributed by atoms with Gasteiger partial charge in [0.1, 0.15) is 5.75 Å². The van der Waals surface area contributed by atoms with Crippen LogP contribution < -0.4 is 10.5 Å². The molecule has 19 heavy (non-hydrogen) atoms. The van der Waals surface area contributed by atoms with E-state index in [0.717, 1.165) is 17.7 Å². The number of likely N-dealkylation sites (N-methyl/N-ethyl adjacent to an activating group) is 1. The highest BCUT2D eigenvalue weighted by molar-refractivity contribution is 5.91. The van der Waals surface area contributed by atoms with Gasteiger partial charge < -0.3 is 10.5 Å². The highest BCUT2D eigenvalue weighted by Gasteiger charge is 2.17. The second-order valence-corrected chi connectivity index (χ2v) is 4.73. The van der Waals surface area contributed by atoms with Gasteiger partial charge in [-0.1, -0.05) is 37.3 Å². The monoisotopic (exact) mass is 258 g/mol. The van der Waals surface area contributed by atoms with Crippen LogP contribution in [0.2, 0.25) is 0 Å². The van der Waals surface area contributed by atoms with Gasteiger partial charge in [-0.25, -0.2) is 0 Å². The van der Waals surface area contributed by atoms with Crippen LogP contribution in [0.4, 0.5) is 0 Å². The molecule has 0 fully saturated rings. The molecule has 0 saturated heterocycles. The molecule has 3 nitrogen and oxygen atoms in total. The molecule has 0 aliphatic rings. The van der Waals surface area contributed by atoms with E-state index in [9.17, 15) is 0 Å². The smallest absolute Gasteiger partial charge is 0.126 e. The first-order valence-corrected chi connectivity index (χ1v) is 6.68. The van der Waals surface area contributed by atoms with Crippen molar-refractivity contribution >= 4 is 10.8 Å². The fraction of sp³-hybridized carbons (Fsp3) is 0.375. The molecule has 0 aliphatic heterocycles. The summed E-state index contributed by atoms with van der Waals surface area (Å²) in [4.78, 5) is 2.27. The van der Waals surface area contributed by atoms with Crippen LogP contribution in [0.5, 0.6) is 5.75 Å². The lowest BCUT2D eigenvalue weighted by atomic mass is 9.97. The van der Waals surface area contributed by atoms with Crippen LogP contribution in [-0.4, -0.2) is 32.1 Å². The van der Waals surface area contributed by atoms with Gasteiger partial charge in [-0.15, -0.1) is 0 Å². The molecule has 1 atom stereocenters. The molecule has 0 aromatic heterocycles. The lowest BCUT2D eigenvalue weighted by molar-refractivity contribution is 0.265. The molecule has 0 heterocycles. The summed E-state index contributed by atoms with van der Waals surface area (Å²) in [7, 11) is 3.82. The van der Waals surface area contributed by atoms with E-state index in [-0.39, 0.29) is 6.04 Å². The maximum Gasteiger partial charge on any atom is 0.126 e. The Balaban J connectivity index is 2.61. The average molecular weight is 258 g/mol. The van der Waals surface area contributed by atoms with Crippen LogP contribution in [0.15, 0.2) is 36.4 Å². The molecule has 0 amide bonds. The molecule has 0 bridgehead atoms. The normalized spacial score (nSPS) is 12.9. The fourth-order valence-electron chi connectivity index (χ4n) is 2.53. The van der Waals surface area contributed by atoms with Crippen LogP contribution in [0.1, 0.15) is 18.5 Å². The van der Waals surface area contributed by atoms with Crippen LogP contribution >= 0.6 is 0 Å². The predicted octanol–water partition coefficient (Wildman–Crippen LogP) is 2.80. The van der Waals surface area contributed by atoms with Crippen molar-refractivity contribution in [3.63, 3.8) is 0 Å². The van der Waals surface area contributed by atoms with E-state index < -0.39 is 0 Å². The maximum absolute atomic E-state index is 5.97. The number of nitrogens with two attached hydrogens (primary N) is 1. The summed E-state index contributed by atoms with van der Waals surface area (Å²) in [6.45, 7) is 3.73. The number of hydrogen-bond acceptors (Lipinski definition) is 3. The lowest BCUT2D eigenvalue weighted by Gasteiger charge is -2.27. The third-order valence-corrected chi connectivity index (χ3v) is 3.75. The topological polar surface area (TPSA) is 38.5 Å². The fourth-order valence-corrected chi connectivity index (χ4v) is 2.53. The Hall–Kier alpha value is -1.58. The number of fused-ring (bicyclic) bond motifs is 1. The number of ether oxygens (including phenoxy) is 1. The molecule has 102 valence electrons. The maximum atomic E-state index is 5.97. The summed E-state index contributed by atoms with van der Waals surface area (Å²) < 4.78 is 5.44. The second-order valence-electron chi connectivity index (χ2n) is 4.73. The molecule has 2 rings (SSSR count). The Morgan fingerprint density at radius 2 is 1.84 bits per heavy atom. The van der Waals surface area contributed by atoms with E-state index in [1.807, 2.05) is 12.1 Å². The average Bonchev–Trinajstić information content (AvgIpc) is 2.47. The Morgan fingerprint density at radius 3 is 2.42 bits per heavy atom. The van der Waals surface area contributed by atoms with Crippen molar-refractivity contribution in [3.8, 4) is 5.75 Å². The molecule has 0 spiro atoms. The van der Waals surface area contributed by atoms with E-state index in [0.29, 0.717) is 6.54 Å². The minimum Gasteiger partial charge on any atom is -0.496 e. The third kappa shape index (κ3) is 2.57. The minimum absolute atomic E-state index is 0.237. The van der Waals surface area contributed by atoms with Gasteiger partial charge in [0.2, 0.25) is 0 Å². The van der Waals surface area contributed by atoms with Gasteiger partial charge in [0.15, 0.2) is 0 Å². The summed E-state index contributed by atoms with van der Waals surface area (Å²) in [5, 5.41) is 2.36. The number of nitrogens with zero attached hydrogens (tertiary/aromatic N) is 1. The first-order valence-electron chi connectivity index (χ1n) is 6.68. The van der Waals surface area contributed by atoms with Gasteiger partial charge in [-0.3, -0.25) is 4.90 Å². The van der Waals surface area contributed by atoms with Gasteiger partial charge in [0.05, 0.1) is 7.11 Å². The Bertz CT molecular complexity index is 553. The molecule has 1 unspecified atom stereocenters. The molecular weight excluding hydrogens is 236 g/mol. The number of benzene rings is 2. The van der Waals surface area contributed by atoms with Crippen molar-refractivity contribution in [2.75, 3.05) is 27.2 Å². The third-order valence-electron chi connectivity index (χ3n) is 3.75. The van der Waals surface area contributed by atoms with E-state index in [2.05, 4.69) is 43.1 Å². The number of methoxy groups -OCH3 is 1. The Morgan fingerprint density at radius 1 is 1.16 bits per heavy atom. The Labute approximate surface area is 115 Å². The van der Waals surface area contributed by atoms with Gasteiger partial charge in [-0.05, 0) is 30.6 Å². The molecule has 2 aromatic carbocycles. The standard InChI is InChI=1S/C16H22N2O/c1-4-18(2)15(11-17)13-9-10-16(19-3)14-8-6-5-7-12(13)14/h5-10,15H,4,11,17H2,1-3H3. The van der Waals surface area contributed by atoms with Crippen molar-refractivity contribution < 1.29 is 4.74 Å². The van der Waals surface area contributed by atoms with E-state index in [4.69, 9.17) is 10.5 Å². The number of hydrogen-bond donors (Lipinski definition) is 1. The molecule has 2 N–H and O–H groups in total. The van der Waals surface area contributed by atoms with Crippen LogP contribution in [0.25, 0.3) is 10.8 Å². The highest BCUT2D eigenvalue weighted by Crippen LogP contribution is 2.32. The van der Waals surface area contributed by atoms with Gasteiger partial charge in [0.25, 0.3) is 0 Å². The predicted molar refractivity (Wildman–Crippen MR) is 80.6 cm³/mol. The van der Waals surface area contributed by atoms with Crippen molar-refractivity contribution in [2.24, 2.45) is 5.73 Å². The lowest BCUT2D eigenvalue weighted by Crippen LogP contribution is -2.30. The zero-order valence-corrected chi connectivity index (χ0v) is 11.9. The molecule has 0 aliphatic carbocycles. The van der Waals surface area contributed by atoms with Gasteiger partial charge in [0, 0.05) is 18.0 Å². The van der Waals surface area contributed by atoms with Crippen molar-refractivity contribution in [3.05, 3.63) is 42.0 Å². The first-order chi connectivity index (χ1) is 9.22. The van der Waals surface area contributed by atoms with E-state index in [1.165, 1.54) is 10.9 Å². The van der Waals surface area contributed by atoms with Crippen molar-refractivity contribution in [1.82, 2.24) is 4.90 Å². The molecule has 0 saturated carbocycles. The summed E-state index contributed by atoms with van der Waals surface area (Å²) in [5.41, 5.74) is 7.24. The van der Waals surface area contributed by atoms with Crippen molar-refractivity contribution in [2.45, 2.75) is 13.0 Å². The quantitative estimate of drug-likeness (QED) is 0.896. The molecule has 2 aromatic rings. The van der Waals surface area contributed by atoms with Crippen LogP contribution in [0, 0.1) is 0 Å². The van der Waals surface area contributed by atoms with Crippen molar-refractivity contribution in [1.29, 1.82) is 0 Å². The summed E-state index contributed by atoms with van der Waals surface area (Å²) in [5.74, 6) is 0.911. The van der Waals surface area contributed by atoms with E-state index in [1.54, 1.807) is 7.11 Å². The van der Waals surface area contributed by atoms with Crippen LogP contribution in [-0.2, 0) is 0 Å². The Kier molecular flexibility index (Phi) is 4.40. The largest absolute Gasteiger partial charge is 0.496 e. The summed E-state index contributed by atoms with van der Waals surface area (Å²) in [6, 6.07) is 12.7. The second kappa shape index (κ2) is 6.04. The molecule has 0 radical (unpaired) electrons. The highest BCUT2D eigenvalue weighted by atomic mass is 16.5. The van der Waals surface area contributed by atoms with Crippen LogP contribution in [0.3, 0.4) is 0 Å². The summed E-state index contributed by atoms with van der Waals surface area (Å²) >= 11 is 0. The molecular formula is C16H22N2O. The molecule has 3 heteroatoms. The van der Waals surface area contributed by atoms with E-state index >= 15 is 0 Å². The SMILES string of the molecule is CCN(C)C(CN)c1ccc(OC)c2ccccc12. The summed E-state index contributed by atoms with van der Waals surface area (Å²) in [6.07, 6.45) is 0. The van der Waals surface area contributed by atoms with Gasteiger partial charge >= 0.3 is 0 Å².